The lowest BCUT2D eigenvalue weighted by molar-refractivity contribution is -0.118. The lowest BCUT2D eigenvalue weighted by Gasteiger charge is -2.34. The number of amides is 1. The highest BCUT2D eigenvalue weighted by molar-refractivity contribution is 14.1. The lowest BCUT2D eigenvalue weighted by atomic mass is 9.89. The Balaban J connectivity index is 1.80. The Morgan fingerprint density at radius 2 is 1.92 bits per heavy atom. The third-order valence-corrected chi connectivity index (χ3v) is 6.72. The molecule has 196 valence electrons. The molecular weight excluding hydrogens is 579 g/mol. The minimum absolute atomic E-state index is 0.131. The summed E-state index contributed by atoms with van der Waals surface area (Å²) in [6, 6.07) is 10.8. The van der Waals surface area contributed by atoms with Gasteiger partial charge in [-0.25, -0.2) is 0 Å². The van der Waals surface area contributed by atoms with E-state index < -0.39 is 18.2 Å². The van der Waals surface area contributed by atoms with Crippen molar-refractivity contribution in [2.75, 3.05) is 33.9 Å². The van der Waals surface area contributed by atoms with Gasteiger partial charge in [-0.2, -0.15) is 0 Å². The van der Waals surface area contributed by atoms with E-state index in [0.717, 1.165) is 11.3 Å². The summed E-state index contributed by atoms with van der Waals surface area (Å²) < 4.78 is 17.6. The third kappa shape index (κ3) is 7.32. The van der Waals surface area contributed by atoms with Crippen molar-refractivity contribution in [3.8, 4) is 17.2 Å². The summed E-state index contributed by atoms with van der Waals surface area (Å²) in [5, 5.41) is 35.8. The van der Waals surface area contributed by atoms with Crippen LogP contribution in [-0.4, -0.2) is 73.4 Å². The van der Waals surface area contributed by atoms with Gasteiger partial charge in [0.15, 0.2) is 11.5 Å². The second-order valence-electron chi connectivity index (χ2n) is 8.38. The number of carbonyl (C=O) groups excluding carboxylic acids is 1. The van der Waals surface area contributed by atoms with E-state index in [1.807, 2.05) is 24.3 Å². The molecule has 1 amide bonds. The van der Waals surface area contributed by atoms with Crippen molar-refractivity contribution in [1.82, 2.24) is 10.6 Å². The van der Waals surface area contributed by atoms with Gasteiger partial charge in [-0.3, -0.25) is 4.79 Å². The molecule has 5 N–H and O–H groups in total. The van der Waals surface area contributed by atoms with Crippen molar-refractivity contribution in [2.24, 2.45) is 0 Å². The van der Waals surface area contributed by atoms with Gasteiger partial charge >= 0.3 is 0 Å². The van der Waals surface area contributed by atoms with Crippen molar-refractivity contribution in [1.29, 1.82) is 0 Å². The quantitative estimate of drug-likeness (QED) is 0.229. The van der Waals surface area contributed by atoms with Crippen LogP contribution in [0.15, 0.2) is 48.0 Å². The summed E-state index contributed by atoms with van der Waals surface area (Å²) in [4.78, 5) is 12.7. The number of hydrogen-bond donors (Lipinski definition) is 5. The van der Waals surface area contributed by atoms with Crippen LogP contribution in [0.2, 0.25) is 0 Å². The molecule has 0 aliphatic heterocycles. The van der Waals surface area contributed by atoms with E-state index in [9.17, 15) is 15.0 Å². The number of hydrogen-bond acceptors (Lipinski definition) is 8. The summed E-state index contributed by atoms with van der Waals surface area (Å²) in [5.74, 6) is 1.30. The standard InChI is InChI=1S/C26H33IN2O7/c1-34-19-5-3-4-16(10-19)6-7-28-21-13-18(26(33)29-8-9-30)14-22(24(21)32)36-25-20(27)11-17(15-31)12-23(25)35-2/h3-5,10-12,14,21-22,24,28,30-32H,6-9,13,15H2,1-2H3,(H,29,33). The molecule has 3 atom stereocenters. The minimum atomic E-state index is -0.942. The number of nitrogens with one attached hydrogen (secondary N) is 2. The molecule has 10 heteroatoms. The van der Waals surface area contributed by atoms with E-state index >= 15 is 0 Å². The summed E-state index contributed by atoms with van der Waals surface area (Å²) >= 11 is 2.09. The van der Waals surface area contributed by atoms with Crippen molar-refractivity contribution in [3.63, 3.8) is 0 Å². The number of aliphatic hydroxyl groups is 3. The van der Waals surface area contributed by atoms with Crippen molar-refractivity contribution in [3.05, 3.63) is 62.7 Å². The zero-order valence-electron chi connectivity index (χ0n) is 20.4. The summed E-state index contributed by atoms with van der Waals surface area (Å²) in [5.41, 5.74) is 2.21. The van der Waals surface area contributed by atoms with Crippen LogP contribution in [0.5, 0.6) is 17.2 Å². The first-order valence-electron chi connectivity index (χ1n) is 11.7. The van der Waals surface area contributed by atoms with Crippen LogP contribution in [0.1, 0.15) is 17.5 Å². The lowest BCUT2D eigenvalue weighted by Crippen LogP contribution is -2.52. The van der Waals surface area contributed by atoms with Crippen LogP contribution in [0.25, 0.3) is 0 Å². The summed E-state index contributed by atoms with van der Waals surface area (Å²) in [6.45, 7) is 0.384. The zero-order chi connectivity index (χ0) is 26.1. The SMILES string of the molecule is COc1cccc(CCNC2CC(C(=O)NCCO)=CC(Oc3c(I)cc(CO)cc3OC)C2O)c1. The molecule has 0 aromatic heterocycles. The molecule has 36 heavy (non-hydrogen) atoms. The maximum absolute atomic E-state index is 12.7. The molecule has 0 saturated carbocycles. The number of carbonyl (C=O) groups is 1. The van der Waals surface area contributed by atoms with Gasteiger partial charge in [-0.05, 0) is 83.4 Å². The fourth-order valence-electron chi connectivity index (χ4n) is 4.04. The Kier molecular flexibility index (Phi) is 10.8. The molecule has 3 unspecified atom stereocenters. The smallest absolute Gasteiger partial charge is 0.247 e. The number of methoxy groups -OCH3 is 2. The van der Waals surface area contributed by atoms with E-state index in [2.05, 4.69) is 33.2 Å². The van der Waals surface area contributed by atoms with Crippen LogP contribution in [-0.2, 0) is 17.8 Å². The monoisotopic (exact) mass is 612 g/mol. The van der Waals surface area contributed by atoms with Gasteiger partial charge in [0.05, 0.1) is 31.0 Å². The second kappa shape index (κ2) is 13.8. The Morgan fingerprint density at radius 1 is 1.11 bits per heavy atom. The highest BCUT2D eigenvalue weighted by Gasteiger charge is 2.36. The average Bonchev–Trinajstić information content (AvgIpc) is 2.89. The molecule has 0 spiro atoms. The molecule has 0 radical (unpaired) electrons. The van der Waals surface area contributed by atoms with Gasteiger partial charge in [0.2, 0.25) is 5.91 Å². The molecule has 3 rings (SSSR count). The summed E-state index contributed by atoms with van der Waals surface area (Å²) in [7, 11) is 3.13. The molecule has 1 aliphatic carbocycles. The fourth-order valence-corrected chi connectivity index (χ4v) is 4.84. The molecule has 2 aromatic carbocycles. The maximum atomic E-state index is 12.7. The van der Waals surface area contributed by atoms with E-state index in [4.69, 9.17) is 19.3 Å². The van der Waals surface area contributed by atoms with Crippen molar-refractivity contribution >= 4 is 28.5 Å². The van der Waals surface area contributed by atoms with Crippen molar-refractivity contribution < 1.29 is 34.3 Å². The zero-order valence-corrected chi connectivity index (χ0v) is 22.5. The van der Waals surface area contributed by atoms with Gasteiger partial charge < -0.3 is 40.2 Å². The van der Waals surface area contributed by atoms with Gasteiger partial charge in [0.25, 0.3) is 0 Å². The molecule has 0 bridgehead atoms. The predicted molar refractivity (Wildman–Crippen MR) is 143 cm³/mol. The van der Waals surface area contributed by atoms with Crippen LogP contribution in [0, 0.1) is 3.57 Å². The number of halogens is 1. The number of rotatable bonds is 12. The Bertz CT molecular complexity index is 1060. The molecule has 9 nitrogen and oxygen atoms in total. The van der Waals surface area contributed by atoms with Gasteiger partial charge in [-0.15, -0.1) is 0 Å². The van der Waals surface area contributed by atoms with E-state index in [1.54, 1.807) is 25.3 Å². The Labute approximate surface area is 224 Å². The molecular formula is C26H33IN2O7. The minimum Gasteiger partial charge on any atom is -0.497 e. The van der Waals surface area contributed by atoms with Gasteiger partial charge in [-0.1, -0.05) is 12.1 Å². The number of aliphatic hydroxyl groups excluding tert-OH is 3. The second-order valence-corrected chi connectivity index (χ2v) is 9.54. The molecule has 2 aromatic rings. The van der Waals surface area contributed by atoms with Gasteiger partial charge in [0, 0.05) is 18.2 Å². The highest BCUT2D eigenvalue weighted by atomic mass is 127. The molecule has 0 fully saturated rings. The molecule has 0 heterocycles. The fraction of sp³-hybridized carbons (Fsp3) is 0.423. The average molecular weight is 612 g/mol. The van der Waals surface area contributed by atoms with Crippen LogP contribution >= 0.6 is 22.6 Å². The first-order valence-corrected chi connectivity index (χ1v) is 12.8. The number of benzene rings is 2. The van der Waals surface area contributed by atoms with Crippen LogP contribution < -0.4 is 24.8 Å². The molecule has 0 saturated heterocycles. The van der Waals surface area contributed by atoms with Crippen molar-refractivity contribution in [2.45, 2.75) is 37.7 Å². The van der Waals surface area contributed by atoms with E-state index in [0.29, 0.717) is 45.6 Å². The third-order valence-electron chi connectivity index (χ3n) is 5.92. The van der Waals surface area contributed by atoms with E-state index in [1.165, 1.54) is 7.11 Å². The Morgan fingerprint density at radius 3 is 2.61 bits per heavy atom. The van der Waals surface area contributed by atoms with Crippen LogP contribution in [0.4, 0.5) is 0 Å². The first-order chi connectivity index (χ1) is 17.4. The predicted octanol–water partition coefficient (Wildman–Crippen LogP) is 1.55. The first kappa shape index (κ1) is 28.2. The van der Waals surface area contributed by atoms with Gasteiger partial charge in [0.1, 0.15) is 18.0 Å². The van der Waals surface area contributed by atoms with Crippen LogP contribution in [0.3, 0.4) is 0 Å². The van der Waals surface area contributed by atoms with E-state index in [-0.39, 0.29) is 25.7 Å². The normalized spacial score (nSPS) is 19.4. The summed E-state index contributed by atoms with van der Waals surface area (Å²) in [6.07, 6.45) is 0.852. The Hall–Kier alpha value is -2.38. The number of ether oxygens (including phenoxy) is 3. The maximum Gasteiger partial charge on any atom is 0.247 e. The largest absolute Gasteiger partial charge is 0.497 e. The molecule has 1 aliphatic rings. The topological polar surface area (TPSA) is 130 Å². The highest BCUT2D eigenvalue weighted by Crippen LogP contribution is 2.36.